The standard InChI is InChI=1S/C7H10BrNO/c1-3-4-6(5(2)8)7(9)10/h3-5H,1H2,2H3,(H2,9,10)/b6-4+. The molecule has 0 rings (SSSR count). The van der Waals surface area contributed by atoms with Crippen molar-refractivity contribution in [2.24, 2.45) is 5.73 Å². The van der Waals surface area contributed by atoms with E-state index in [0.717, 1.165) is 0 Å². The van der Waals surface area contributed by atoms with E-state index in [1.54, 1.807) is 6.08 Å². The Morgan fingerprint density at radius 3 is 2.40 bits per heavy atom. The van der Waals surface area contributed by atoms with E-state index < -0.39 is 5.91 Å². The Morgan fingerprint density at radius 2 is 2.30 bits per heavy atom. The van der Waals surface area contributed by atoms with Crippen molar-refractivity contribution in [1.82, 2.24) is 0 Å². The monoisotopic (exact) mass is 203 g/mol. The van der Waals surface area contributed by atoms with E-state index in [4.69, 9.17) is 5.73 Å². The zero-order chi connectivity index (χ0) is 8.15. The van der Waals surface area contributed by atoms with Gasteiger partial charge < -0.3 is 5.73 Å². The molecule has 0 saturated carbocycles. The molecule has 1 unspecified atom stereocenters. The molecule has 0 aromatic carbocycles. The third-order valence-corrected chi connectivity index (χ3v) is 1.50. The molecular weight excluding hydrogens is 194 g/mol. The lowest BCUT2D eigenvalue weighted by Crippen LogP contribution is -2.18. The van der Waals surface area contributed by atoms with Crippen LogP contribution in [0.15, 0.2) is 24.3 Å². The minimum absolute atomic E-state index is 0.0111. The van der Waals surface area contributed by atoms with Crippen molar-refractivity contribution in [3.63, 3.8) is 0 Å². The molecule has 0 fully saturated rings. The first kappa shape index (κ1) is 9.43. The second-order valence-electron chi connectivity index (χ2n) is 1.84. The Balaban J connectivity index is 4.41. The largest absolute Gasteiger partial charge is 0.366 e. The summed E-state index contributed by atoms with van der Waals surface area (Å²) in [4.78, 5) is 10.6. The molecule has 0 bridgehead atoms. The number of carbonyl (C=O) groups excluding carboxylic acids is 1. The van der Waals surface area contributed by atoms with E-state index >= 15 is 0 Å². The van der Waals surface area contributed by atoms with Crippen LogP contribution in [0.25, 0.3) is 0 Å². The average molecular weight is 204 g/mol. The highest BCUT2D eigenvalue weighted by Crippen LogP contribution is 2.10. The lowest BCUT2D eigenvalue weighted by atomic mass is 10.2. The maximum absolute atomic E-state index is 10.6. The molecule has 0 aromatic rings. The zero-order valence-electron chi connectivity index (χ0n) is 5.80. The SMILES string of the molecule is C=C/C=C(/C(N)=O)C(C)Br. The fourth-order valence-electron chi connectivity index (χ4n) is 0.538. The Bertz CT molecular complexity index is 172. The van der Waals surface area contributed by atoms with E-state index in [0.29, 0.717) is 5.57 Å². The summed E-state index contributed by atoms with van der Waals surface area (Å²) in [6.45, 7) is 5.29. The number of alkyl halides is 1. The van der Waals surface area contributed by atoms with Crippen LogP contribution in [0.5, 0.6) is 0 Å². The highest BCUT2D eigenvalue weighted by molar-refractivity contribution is 9.09. The van der Waals surface area contributed by atoms with Crippen LogP contribution in [-0.4, -0.2) is 10.7 Å². The summed E-state index contributed by atoms with van der Waals surface area (Å²) in [5, 5.41) is 0. The molecule has 56 valence electrons. The minimum atomic E-state index is -0.413. The van der Waals surface area contributed by atoms with E-state index in [-0.39, 0.29) is 4.83 Å². The van der Waals surface area contributed by atoms with Crippen molar-refractivity contribution in [2.45, 2.75) is 11.8 Å². The number of hydrogen-bond acceptors (Lipinski definition) is 1. The van der Waals surface area contributed by atoms with Crippen LogP contribution in [0.1, 0.15) is 6.92 Å². The molecule has 0 radical (unpaired) electrons. The van der Waals surface area contributed by atoms with Gasteiger partial charge in [-0.25, -0.2) is 0 Å². The number of amides is 1. The molecule has 1 amide bonds. The highest BCUT2D eigenvalue weighted by atomic mass is 79.9. The second kappa shape index (κ2) is 4.28. The minimum Gasteiger partial charge on any atom is -0.366 e. The first-order chi connectivity index (χ1) is 4.59. The number of nitrogens with two attached hydrogens (primary N) is 1. The van der Waals surface area contributed by atoms with Crippen molar-refractivity contribution in [2.75, 3.05) is 0 Å². The molecule has 0 aliphatic heterocycles. The predicted octanol–water partition coefficient (Wildman–Crippen LogP) is 1.37. The summed E-state index contributed by atoms with van der Waals surface area (Å²) in [6.07, 6.45) is 3.14. The molecule has 0 saturated heterocycles. The summed E-state index contributed by atoms with van der Waals surface area (Å²) in [7, 11) is 0. The Labute approximate surface area is 68.9 Å². The predicted molar refractivity (Wildman–Crippen MR) is 45.9 cm³/mol. The van der Waals surface area contributed by atoms with Gasteiger partial charge in [0.05, 0.1) is 0 Å². The van der Waals surface area contributed by atoms with Crippen molar-refractivity contribution < 1.29 is 4.79 Å². The molecule has 2 N–H and O–H groups in total. The smallest absolute Gasteiger partial charge is 0.245 e. The van der Waals surface area contributed by atoms with Crippen molar-refractivity contribution in [1.29, 1.82) is 0 Å². The van der Waals surface area contributed by atoms with Crippen molar-refractivity contribution >= 4 is 21.8 Å². The van der Waals surface area contributed by atoms with Gasteiger partial charge in [0.25, 0.3) is 0 Å². The maximum Gasteiger partial charge on any atom is 0.245 e. The Hall–Kier alpha value is -0.570. The molecule has 0 aromatic heterocycles. The number of primary amides is 1. The summed E-state index contributed by atoms with van der Waals surface area (Å²) in [5.74, 6) is -0.413. The van der Waals surface area contributed by atoms with E-state index in [9.17, 15) is 4.79 Å². The van der Waals surface area contributed by atoms with Gasteiger partial charge in [0.1, 0.15) is 0 Å². The lowest BCUT2D eigenvalue weighted by Gasteiger charge is -2.02. The second-order valence-corrected chi connectivity index (χ2v) is 3.21. The molecule has 10 heavy (non-hydrogen) atoms. The molecule has 2 nitrogen and oxygen atoms in total. The van der Waals surface area contributed by atoms with Crippen LogP contribution >= 0.6 is 15.9 Å². The van der Waals surface area contributed by atoms with Gasteiger partial charge in [0.15, 0.2) is 0 Å². The molecule has 1 atom stereocenters. The van der Waals surface area contributed by atoms with Gasteiger partial charge in [-0.15, -0.1) is 0 Å². The van der Waals surface area contributed by atoms with Crippen LogP contribution in [0.4, 0.5) is 0 Å². The first-order valence-corrected chi connectivity index (χ1v) is 3.77. The molecule has 3 heteroatoms. The summed E-state index contributed by atoms with van der Waals surface area (Å²) >= 11 is 3.23. The number of rotatable bonds is 3. The van der Waals surface area contributed by atoms with Gasteiger partial charge in [0, 0.05) is 10.4 Å². The van der Waals surface area contributed by atoms with Gasteiger partial charge in [-0.2, -0.15) is 0 Å². The summed E-state index contributed by atoms with van der Waals surface area (Å²) < 4.78 is 0. The van der Waals surface area contributed by atoms with Gasteiger partial charge in [-0.05, 0) is 6.92 Å². The van der Waals surface area contributed by atoms with Crippen LogP contribution < -0.4 is 5.73 Å². The fraction of sp³-hybridized carbons (Fsp3) is 0.286. The number of halogens is 1. The van der Waals surface area contributed by atoms with E-state index in [2.05, 4.69) is 22.5 Å². The van der Waals surface area contributed by atoms with Crippen LogP contribution in [0.3, 0.4) is 0 Å². The molecular formula is C7H10BrNO. The van der Waals surface area contributed by atoms with Crippen LogP contribution in [-0.2, 0) is 4.79 Å². The first-order valence-electron chi connectivity index (χ1n) is 2.86. The van der Waals surface area contributed by atoms with Gasteiger partial charge in [0.2, 0.25) is 5.91 Å². The van der Waals surface area contributed by atoms with Gasteiger partial charge in [-0.1, -0.05) is 34.7 Å². The van der Waals surface area contributed by atoms with Crippen LogP contribution in [0.2, 0.25) is 0 Å². The lowest BCUT2D eigenvalue weighted by molar-refractivity contribution is -0.114. The van der Waals surface area contributed by atoms with Crippen molar-refractivity contribution in [3.8, 4) is 0 Å². The van der Waals surface area contributed by atoms with Gasteiger partial charge in [-0.3, -0.25) is 4.79 Å². The maximum atomic E-state index is 10.6. The molecule has 0 spiro atoms. The zero-order valence-corrected chi connectivity index (χ0v) is 7.39. The third-order valence-electron chi connectivity index (χ3n) is 1.01. The summed E-state index contributed by atoms with van der Waals surface area (Å²) in [6, 6.07) is 0. The molecule has 0 heterocycles. The number of carbonyl (C=O) groups is 1. The normalized spacial score (nSPS) is 14.4. The van der Waals surface area contributed by atoms with Crippen LogP contribution in [0, 0.1) is 0 Å². The number of allylic oxidation sites excluding steroid dienone is 2. The highest BCUT2D eigenvalue weighted by Gasteiger charge is 2.08. The van der Waals surface area contributed by atoms with E-state index in [1.807, 2.05) is 6.92 Å². The topological polar surface area (TPSA) is 43.1 Å². The summed E-state index contributed by atoms with van der Waals surface area (Å²) in [5.41, 5.74) is 5.58. The third kappa shape index (κ3) is 2.82. The fourth-order valence-corrected chi connectivity index (χ4v) is 0.916. The Kier molecular flexibility index (Phi) is 4.03. The number of hydrogen-bond donors (Lipinski definition) is 1. The average Bonchev–Trinajstić information content (AvgIpc) is 1.81. The Morgan fingerprint density at radius 1 is 1.80 bits per heavy atom. The molecule has 0 aliphatic carbocycles. The van der Waals surface area contributed by atoms with Gasteiger partial charge >= 0.3 is 0 Å². The van der Waals surface area contributed by atoms with E-state index in [1.165, 1.54) is 6.08 Å². The molecule has 0 aliphatic rings. The quantitative estimate of drug-likeness (QED) is 0.421. The van der Waals surface area contributed by atoms with Crippen molar-refractivity contribution in [3.05, 3.63) is 24.3 Å².